The second kappa shape index (κ2) is 6.24. The molecule has 18 heavy (non-hydrogen) atoms. The minimum absolute atomic E-state index is 0.0965. The van der Waals surface area contributed by atoms with Crippen molar-refractivity contribution in [3.05, 3.63) is 29.8 Å². The number of rotatable bonds is 5. The average Bonchev–Trinajstić information content (AvgIpc) is 2.25. The van der Waals surface area contributed by atoms with E-state index in [4.69, 9.17) is 10.5 Å². The van der Waals surface area contributed by atoms with Crippen molar-refractivity contribution >= 4 is 0 Å². The van der Waals surface area contributed by atoms with Crippen LogP contribution in [0.3, 0.4) is 0 Å². The molecule has 2 N–H and O–H groups in total. The van der Waals surface area contributed by atoms with Crippen LogP contribution >= 0.6 is 0 Å². The molecular formula is C16H27NO. The summed E-state index contributed by atoms with van der Waals surface area (Å²) in [5.74, 6) is 1.36. The minimum Gasteiger partial charge on any atom is -0.492 e. The first kappa shape index (κ1) is 15.0. The van der Waals surface area contributed by atoms with Crippen LogP contribution in [0.25, 0.3) is 0 Å². The summed E-state index contributed by atoms with van der Waals surface area (Å²) in [5.41, 5.74) is 7.62. The standard InChI is InChI=1S/C16H27NO/c1-12(2)15(17)11-18-14-8-6-13(7-9-14)10-16(3,4)5/h6-9,12,15H,10-11,17H2,1-5H3. The minimum atomic E-state index is 0.0965. The predicted octanol–water partition coefficient (Wildman–Crippen LogP) is 3.64. The number of benzene rings is 1. The van der Waals surface area contributed by atoms with E-state index in [9.17, 15) is 0 Å². The normalized spacial score (nSPS) is 13.7. The fourth-order valence-electron chi connectivity index (χ4n) is 1.70. The lowest BCUT2D eigenvalue weighted by Gasteiger charge is -2.19. The van der Waals surface area contributed by atoms with Crippen molar-refractivity contribution in [1.29, 1.82) is 0 Å². The summed E-state index contributed by atoms with van der Waals surface area (Å²) < 4.78 is 5.69. The molecule has 1 unspecified atom stereocenters. The zero-order valence-corrected chi connectivity index (χ0v) is 12.4. The Morgan fingerprint density at radius 2 is 1.67 bits per heavy atom. The second-order valence-electron chi connectivity index (χ2n) is 6.60. The van der Waals surface area contributed by atoms with Crippen molar-refractivity contribution in [3.63, 3.8) is 0 Å². The zero-order valence-electron chi connectivity index (χ0n) is 12.4. The zero-order chi connectivity index (χ0) is 13.8. The molecule has 0 amide bonds. The van der Waals surface area contributed by atoms with Crippen LogP contribution in [0.15, 0.2) is 24.3 Å². The van der Waals surface area contributed by atoms with Crippen molar-refractivity contribution in [1.82, 2.24) is 0 Å². The van der Waals surface area contributed by atoms with E-state index >= 15 is 0 Å². The highest BCUT2D eigenvalue weighted by atomic mass is 16.5. The highest BCUT2D eigenvalue weighted by molar-refractivity contribution is 5.27. The van der Waals surface area contributed by atoms with Crippen LogP contribution in [0, 0.1) is 11.3 Å². The molecule has 0 aliphatic carbocycles. The lowest BCUT2D eigenvalue weighted by atomic mass is 9.88. The van der Waals surface area contributed by atoms with Crippen LogP contribution < -0.4 is 10.5 Å². The molecule has 102 valence electrons. The number of hydrogen-bond acceptors (Lipinski definition) is 2. The quantitative estimate of drug-likeness (QED) is 0.864. The van der Waals surface area contributed by atoms with Gasteiger partial charge < -0.3 is 10.5 Å². The smallest absolute Gasteiger partial charge is 0.119 e. The van der Waals surface area contributed by atoms with Gasteiger partial charge in [0.25, 0.3) is 0 Å². The van der Waals surface area contributed by atoms with Gasteiger partial charge in [0.2, 0.25) is 0 Å². The molecule has 0 saturated carbocycles. The third-order valence-electron chi connectivity index (χ3n) is 2.96. The van der Waals surface area contributed by atoms with Crippen LogP contribution in [0.4, 0.5) is 0 Å². The predicted molar refractivity (Wildman–Crippen MR) is 77.9 cm³/mol. The monoisotopic (exact) mass is 249 g/mol. The van der Waals surface area contributed by atoms with E-state index in [2.05, 4.69) is 46.8 Å². The van der Waals surface area contributed by atoms with Crippen LogP contribution in [0.1, 0.15) is 40.2 Å². The first-order valence-corrected chi connectivity index (χ1v) is 6.75. The Morgan fingerprint density at radius 1 is 1.11 bits per heavy atom. The maximum atomic E-state index is 5.95. The molecule has 0 radical (unpaired) electrons. The van der Waals surface area contributed by atoms with E-state index in [1.165, 1.54) is 5.56 Å². The Balaban J connectivity index is 2.50. The van der Waals surface area contributed by atoms with Crippen LogP contribution in [0.2, 0.25) is 0 Å². The molecule has 0 saturated heterocycles. The van der Waals surface area contributed by atoms with Gasteiger partial charge in [-0.15, -0.1) is 0 Å². The number of hydrogen-bond donors (Lipinski definition) is 1. The van der Waals surface area contributed by atoms with Gasteiger partial charge in [0.05, 0.1) is 0 Å². The third-order valence-corrected chi connectivity index (χ3v) is 2.96. The highest BCUT2D eigenvalue weighted by Crippen LogP contribution is 2.22. The van der Waals surface area contributed by atoms with Crippen LogP contribution in [-0.4, -0.2) is 12.6 Å². The van der Waals surface area contributed by atoms with Gasteiger partial charge in [-0.25, -0.2) is 0 Å². The Bertz CT molecular complexity index is 348. The first-order chi connectivity index (χ1) is 8.28. The van der Waals surface area contributed by atoms with E-state index in [0.29, 0.717) is 17.9 Å². The summed E-state index contributed by atoms with van der Waals surface area (Å²) in [4.78, 5) is 0. The van der Waals surface area contributed by atoms with E-state index in [1.54, 1.807) is 0 Å². The first-order valence-electron chi connectivity index (χ1n) is 6.75. The molecule has 0 fully saturated rings. The highest BCUT2D eigenvalue weighted by Gasteiger charge is 2.11. The topological polar surface area (TPSA) is 35.2 Å². The largest absolute Gasteiger partial charge is 0.492 e. The number of nitrogens with two attached hydrogens (primary N) is 1. The average molecular weight is 249 g/mol. The van der Waals surface area contributed by atoms with Gasteiger partial charge >= 0.3 is 0 Å². The molecule has 0 aromatic heterocycles. The molecule has 0 spiro atoms. The molecule has 0 aliphatic heterocycles. The Labute approximate surface area is 112 Å². The molecular weight excluding hydrogens is 222 g/mol. The summed E-state index contributed by atoms with van der Waals surface area (Å²) in [6.45, 7) is 11.5. The van der Waals surface area contributed by atoms with Crippen LogP contribution in [0.5, 0.6) is 5.75 Å². The molecule has 2 nitrogen and oxygen atoms in total. The molecule has 1 rings (SSSR count). The molecule has 0 aliphatic rings. The molecule has 1 aromatic rings. The lowest BCUT2D eigenvalue weighted by Crippen LogP contribution is -2.32. The molecule has 0 bridgehead atoms. The van der Waals surface area contributed by atoms with Gasteiger partial charge in [-0.05, 0) is 35.4 Å². The van der Waals surface area contributed by atoms with E-state index in [-0.39, 0.29) is 6.04 Å². The van der Waals surface area contributed by atoms with E-state index in [1.807, 2.05) is 12.1 Å². The van der Waals surface area contributed by atoms with Crippen molar-refractivity contribution in [2.75, 3.05) is 6.61 Å². The fraction of sp³-hybridized carbons (Fsp3) is 0.625. The van der Waals surface area contributed by atoms with Gasteiger partial charge in [0.15, 0.2) is 0 Å². The number of ether oxygens (including phenoxy) is 1. The van der Waals surface area contributed by atoms with Gasteiger partial charge in [0.1, 0.15) is 12.4 Å². The Morgan fingerprint density at radius 3 is 2.11 bits per heavy atom. The SMILES string of the molecule is CC(C)C(N)COc1ccc(CC(C)(C)C)cc1. The van der Waals surface area contributed by atoms with Gasteiger partial charge in [-0.3, -0.25) is 0 Å². The fourth-order valence-corrected chi connectivity index (χ4v) is 1.70. The summed E-state index contributed by atoms with van der Waals surface area (Å²) in [5, 5.41) is 0. The summed E-state index contributed by atoms with van der Waals surface area (Å²) in [6, 6.07) is 8.45. The van der Waals surface area contributed by atoms with Crippen LogP contribution in [-0.2, 0) is 6.42 Å². The molecule has 2 heteroatoms. The summed E-state index contributed by atoms with van der Waals surface area (Å²) in [7, 11) is 0. The summed E-state index contributed by atoms with van der Waals surface area (Å²) >= 11 is 0. The molecule has 0 heterocycles. The van der Waals surface area contributed by atoms with Gasteiger partial charge in [0, 0.05) is 6.04 Å². The van der Waals surface area contributed by atoms with Crippen molar-refractivity contribution < 1.29 is 4.74 Å². The van der Waals surface area contributed by atoms with Gasteiger partial charge in [-0.1, -0.05) is 46.8 Å². The van der Waals surface area contributed by atoms with Gasteiger partial charge in [-0.2, -0.15) is 0 Å². The van der Waals surface area contributed by atoms with Crippen molar-refractivity contribution in [2.24, 2.45) is 17.1 Å². The maximum absolute atomic E-state index is 5.95. The summed E-state index contributed by atoms with van der Waals surface area (Å²) in [6.07, 6.45) is 1.08. The lowest BCUT2D eigenvalue weighted by molar-refractivity contribution is 0.259. The second-order valence-corrected chi connectivity index (χ2v) is 6.60. The van der Waals surface area contributed by atoms with Crippen molar-refractivity contribution in [3.8, 4) is 5.75 Å². The van der Waals surface area contributed by atoms with Crippen molar-refractivity contribution in [2.45, 2.75) is 47.1 Å². The molecule has 1 atom stereocenters. The Kier molecular flexibility index (Phi) is 5.21. The Hall–Kier alpha value is -1.02. The molecule has 1 aromatic carbocycles. The van der Waals surface area contributed by atoms with E-state index in [0.717, 1.165) is 12.2 Å². The maximum Gasteiger partial charge on any atom is 0.119 e. The third kappa shape index (κ3) is 5.54. The van der Waals surface area contributed by atoms with E-state index < -0.39 is 0 Å².